The number of hydrogen-bond acceptors (Lipinski definition) is 3. The smallest absolute Gasteiger partial charge is 0.253 e. The van der Waals surface area contributed by atoms with Crippen molar-refractivity contribution < 1.29 is 9.59 Å². The minimum atomic E-state index is -0.340. The van der Waals surface area contributed by atoms with Crippen molar-refractivity contribution in [2.45, 2.75) is 0 Å². The van der Waals surface area contributed by atoms with Crippen molar-refractivity contribution in [2.75, 3.05) is 26.4 Å². The molecule has 0 fully saturated rings. The Hall–Kier alpha value is -2.04. The SMILES string of the molecule is CN(C)C(=O)CNC(=O)c1ccccc1N. The summed E-state index contributed by atoms with van der Waals surface area (Å²) in [6.45, 7) is -0.0276. The number of para-hydroxylation sites is 1. The monoisotopic (exact) mass is 221 g/mol. The third-order valence-electron chi connectivity index (χ3n) is 2.10. The predicted octanol–water partition coefficient (Wildman–Crippen LogP) is 0.0868. The Bertz CT molecular complexity index is 402. The molecule has 0 radical (unpaired) electrons. The molecule has 0 aliphatic rings. The number of carbonyl (C=O) groups is 2. The average molecular weight is 221 g/mol. The van der Waals surface area contributed by atoms with Gasteiger partial charge in [0.25, 0.3) is 5.91 Å². The summed E-state index contributed by atoms with van der Waals surface area (Å²) in [6, 6.07) is 6.73. The van der Waals surface area contributed by atoms with Gasteiger partial charge in [-0.05, 0) is 12.1 Å². The maximum Gasteiger partial charge on any atom is 0.253 e. The summed E-state index contributed by atoms with van der Waals surface area (Å²) in [4.78, 5) is 24.3. The molecule has 5 heteroatoms. The van der Waals surface area contributed by atoms with Gasteiger partial charge < -0.3 is 16.0 Å². The molecular weight excluding hydrogens is 206 g/mol. The van der Waals surface area contributed by atoms with Gasteiger partial charge in [0, 0.05) is 19.8 Å². The van der Waals surface area contributed by atoms with E-state index in [0.717, 1.165) is 0 Å². The molecule has 0 aliphatic heterocycles. The summed E-state index contributed by atoms with van der Waals surface area (Å²) < 4.78 is 0. The van der Waals surface area contributed by atoms with Gasteiger partial charge in [-0.2, -0.15) is 0 Å². The zero-order valence-corrected chi connectivity index (χ0v) is 9.36. The molecule has 0 aliphatic carbocycles. The van der Waals surface area contributed by atoms with Crippen LogP contribution in [0.2, 0.25) is 0 Å². The first kappa shape index (κ1) is 12.0. The molecule has 5 nitrogen and oxygen atoms in total. The van der Waals surface area contributed by atoms with Crippen LogP contribution in [0.4, 0.5) is 5.69 Å². The number of nitrogens with zero attached hydrogens (tertiary/aromatic N) is 1. The summed E-state index contributed by atoms with van der Waals surface area (Å²) in [6.07, 6.45) is 0. The number of anilines is 1. The van der Waals surface area contributed by atoms with Gasteiger partial charge in [-0.3, -0.25) is 9.59 Å². The third kappa shape index (κ3) is 2.98. The third-order valence-corrected chi connectivity index (χ3v) is 2.10. The van der Waals surface area contributed by atoms with Crippen LogP contribution in [0.3, 0.4) is 0 Å². The van der Waals surface area contributed by atoms with Crippen molar-refractivity contribution in [3.05, 3.63) is 29.8 Å². The molecular formula is C11H15N3O2. The molecule has 1 rings (SSSR count). The van der Waals surface area contributed by atoms with Gasteiger partial charge in [0.1, 0.15) is 0 Å². The Morgan fingerprint density at radius 2 is 1.94 bits per heavy atom. The molecule has 0 unspecified atom stereocenters. The summed E-state index contributed by atoms with van der Waals surface area (Å²) >= 11 is 0. The van der Waals surface area contributed by atoms with Crippen LogP contribution in [0.1, 0.15) is 10.4 Å². The zero-order chi connectivity index (χ0) is 12.1. The minimum Gasteiger partial charge on any atom is -0.398 e. The minimum absolute atomic E-state index is 0.0276. The lowest BCUT2D eigenvalue weighted by Gasteiger charge is -2.11. The van der Waals surface area contributed by atoms with E-state index in [0.29, 0.717) is 11.3 Å². The number of nitrogens with two attached hydrogens (primary N) is 1. The lowest BCUT2D eigenvalue weighted by molar-refractivity contribution is -0.127. The summed E-state index contributed by atoms with van der Waals surface area (Å²) in [5, 5.41) is 2.51. The second-order valence-corrected chi connectivity index (χ2v) is 3.56. The predicted molar refractivity (Wildman–Crippen MR) is 61.9 cm³/mol. The molecule has 0 aromatic heterocycles. The second kappa shape index (κ2) is 5.16. The number of likely N-dealkylation sites (N-methyl/N-ethyl adjacent to an activating group) is 1. The van der Waals surface area contributed by atoms with Crippen molar-refractivity contribution in [3.63, 3.8) is 0 Å². The number of carbonyl (C=O) groups excluding carboxylic acids is 2. The van der Waals surface area contributed by atoms with Crippen LogP contribution in [-0.4, -0.2) is 37.4 Å². The molecule has 1 aromatic rings. The zero-order valence-electron chi connectivity index (χ0n) is 9.36. The highest BCUT2D eigenvalue weighted by Crippen LogP contribution is 2.09. The molecule has 3 N–H and O–H groups in total. The van der Waals surface area contributed by atoms with E-state index in [-0.39, 0.29) is 18.4 Å². The van der Waals surface area contributed by atoms with Gasteiger partial charge in [-0.25, -0.2) is 0 Å². The fourth-order valence-corrected chi connectivity index (χ4v) is 1.11. The van der Waals surface area contributed by atoms with Crippen LogP contribution in [0.15, 0.2) is 24.3 Å². The largest absolute Gasteiger partial charge is 0.398 e. The van der Waals surface area contributed by atoms with Crippen molar-refractivity contribution in [1.82, 2.24) is 10.2 Å². The number of amides is 2. The van der Waals surface area contributed by atoms with Gasteiger partial charge in [0.2, 0.25) is 5.91 Å². The molecule has 1 aromatic carbocycles. The van der Waals surface area contributed by atoms with E-state index in [1.165, 1.54) is 4.90 Å². The van der Waals surface area contributed by atoms with Crippen LogP contribution in [0.25, 0.3) is 0 Å². The van der Waals surface area contributed by atoms with E-state index in [1.54, 1.807) is 38.4 Å². The molecule has 0 saturated heterocycles. The van der Waals surface area contributed by atoms with Crippen LogP contribution in [0.5, 0.6) is 0 Å². The number of hydrogen-bond donors (Lipinski definition) is 2. The van der Waals surface area contributed by atoms with Gasteiger partial charge in [0.15, 0.2) is 0 Å². The highest BCUT2D eigenvalue weighted by Gasteiger charge is 2.10. The molecule has 16 heavy (non-hydrogen) atoms. The molecule has 0 heterocycles. The topological polar surface area (TPSA) is 75.4 Å². The van der Waals surface area contributed by atoms with E-state index in [9.17, 15) is 9.59 Å². The molecule has 0 atom stereocenters. The van der Waals surface area contributed by atoms with Crippen LogP contribution in [-0.2, 0) is 4.79 Å². The van der Waals surface area contributed by atoms with Gasteiger partial charge >= 0.3 is 0 Å². The van der Waals surface area contributed by atoms with E-state index >= 15 is 0 Å². The van der Waals surface area contributed by atoms with Crippen LogP contribution >= 0.6 is 0 Å². The van der Waals surface area contributed by atoms with Crippen molar-refractivity contribution >= 4 is 17.5 Å². The van der Waals surface area contributed by atoms with Gasteiger partial charge in [-0.15, -0.1) is 0 Å². The fraction of sp³-hybridized carbons (Fsp3) is 0.273. The first-order valence-electron chi connectivity index (χ1n) is 4.85. The lowest BCUT2D eigenvalue weighted by atomic mass is 10.1. The van der Waals surface area contributed by atoms with Gasteiger partial charge in [-0.1, -0.05) is 12.1 Å². The highest BCUT2D eigenvalue weighted by molar-refractivity contribution is 6.00. The van der Waals surface area contributed by atoms with Crippen molar-refractivity contribution in [2.24, 2.45) is 0 Å². The first-order valence-corrected chi connectivity index (χ1v) is 4.85. The standard InChI is InChI=1S/C11H15N3O2/c1-14(2)10(15)7-13-11(16)8-5-3-4-6-9(8)12/h3-6H,7,12H2,1-2H3,(H,13,16). The Balaban J connectivity index is 2.60. The van der Waals surface area contributed by atoms with Crippen LogP contribution in [0, 0.1) is 0 Å². The number of benzene rings is 1. The molecule has 2 amide bonds. The number of nitrogen functional groups attached to an aromatic ring is 1. The fourth-order valence-electron chi connectivity index (χ4n) is 1.11. The maximum atomic E-state index is 11.6. The quantitative estimate of drug-likeness (QED) is 0.710. The Morgan fingerprint density at radius 3 is 2.50 bits per heavy atom. The van der Waals surface area contributed by atoms with Gasteiger partial charge in [0.05, 0.1) is 12.1 Å². The number of nitrogens with one attached hydrogen (secondary N) is 1. The maximum absolute atomic E-state index is 11.6. The van der Waals surface area contributed by atoms with Crippen molar-refractivity contribution in [3.8, 4) is 0 Å². The molecule has 86 valence electrons. The van der Waals surface area contributed by atoms with E-state index in [1.807, 2.05) is 0 Å². The summed E-state index contributed by atoms with van der Waals surface area (Å²) in [7, 11) is 3.26. The van der Waals surface area contributed by atoms with E-state index < -0.39 is 0 Å². The van der Waals surface area contributed by atoms with Crippen LogP contribution < -0.4 is 11.1 Å². The Labute approximate surface area is 94.2 Å². The highest BCUT2D eigenvalue weighted by atomic mass is 16.2. The Morgan fingerprint density at radius 1 is 1.31 bits per heavy atom. The lowest BCUT2D eigenvalue weighted by Crippen LogP contribution is -2.36. The average Bonchev–Trinajstić information content (AvgIpc) is 2.25. The number of rotatable bonds is 3. The molecule has 0 spiro atoms. The van der Waals surface area contributed by atoms with Crippen molar-refractivity contribution in [1.29, 1.82) is 0 Å². The van der Waals surface area contributed by atoms with E-state index in [4.69, 9.17) is 5.73 Å². The summed E-state index contributed by atoms with van der Waals surface area (Å²) in [5.74, 6) is -0.504. The second-order valence-electron chi connectivity index (χ2n) is 3.56. The van der Waals surface area contributed by atoms with E-state index in [2.05, 4.69) is 5.32 Å². The molecule has 0 bridgehead atoms. The molecule has 0 saturated carbocycles. The Kier molecular flexibility index (Phi) is 3.88. The summed E-state index contributed by atoms with van der Waals surface area (Å²) in [5.41, 5.74) is 6.42. The first-order chi connectivity index (χ1) is 7.52. The normalized spacial score (nSPS) is 9.62.